The summed E-state index contributed by atoms with van der Waals surface area (Å²) in [5.41, 5.74) is -3.72. The summed E-state index contributed by atoms with van der Waals surface area (Å²) in [6.07, 6.45) is -0.902. The van der Waals surface area contributed by atoms with E-state index in [-0.39, 0.29) is 11.4 Å². The maximum Gasteiger partial charge on any atom is 0.322 e. The first-order valence-corrected chi connectivity index (χ1v) is 10.4. The maximum atomic E-state index is 13.3. The number of carbonyl (C=O) groups excluding carboxylic acids is 4. The van der Waals surface area contributed by atoms with Crippen LogP contribution < -0.4 is 0 Å². The predicted octanol–water partition coefficient (Wildman–Crippen LogP) is 4.32. The van der Waals surface area contributed by atoms with Crippen molar-refractivity contribution >= 4 is 23.5 Å². The van der Waals surface area contributed by atoms with Gasteiger partial charge in [0.05, 0.1) is 6.10 Å². The Balaban J connectivity index is 3.80. The molecule has 3 unspecified atom stereocenters. The van der Waals surface area contributed by atoms with Gasteiger partial charge >= 0.3 is 5.97 Å². The van der Waals surface area contributed by atoms with Gasteiger partial charge in [-0.05, 0) is 5.41 Å². The molecule has 6 nitrogen and oxygen atoms in total. The lowest BCUT2D eigenvalue weighted by atomic mass is 9.70. The molecule has 170 valence electrons. The van der Waals surface area contributed by atoms with Gasteiger partial charge in [0.1, 0.15) is 11.9 Å². The Kier molecular flexibility index (Phi) is 6.76. The van der Waals surface area contributed by atoms with Gasteiger partial charge in [-0.2, -0.15) is 0 Å². The van der Waals surface area contributed by atoms with Crippen LogP contribution in [-0.2, 0) is 28.7 Å². The Morgan fingerprint density at radius 3 is 1.63 bits per heavy atom. The zero-order valence-corrected chi connectivity index (χ0v) is 20.6. The van der Waals surface area contributed by atoms with Gasteiger partial charge < -0.3 is 9.47 Å². The van der Waals surface area contributed by atoms with Gasteiger partial charge in [0.2, 0.25) is 0 Å². The lowest BCUT2D eigenvalue weighted by Crippen LogP contribution is -2.65. The normalized spacial score (nSPS) is 25.9. The van der Waals surface area contributed by atoms with Gasteiger partial charge in [0, 0.05) is 16.2 Å². The molecule has 3 atom stereocenters. The second-order valence-corrected chi connectivity index (χ2v) is 12.3. The smallest absolute Gasteiger partial charge is 0.322 e. The van der Waals surface area contributed by atoms with Crippen LogP contribution >= 0.6 is 0 Å². The summed E-state index contributed by atoms with van der Waals surface area (Å²) in [5, 5.41) is 0. The zero-order chi connectivity index (χ0) is 24.1. The van der Waals surface area contributed by atoms with E-state index in [0.717, 1.165) is 0 Å². The molecule has 1 aliphatic heterocycles. The van der Waals surface area contributed by atoms with Gasteiger partial charge in [-0.25, -0.2) is 4.79 Å². The molecule has 1 fully saturated rings. The number of cyclic esters (lactones) is 1. The fraction of sp³-hybridized carbons (Fsp3) is 0.792. The highest BCUT2D eigenvalue weighted by molar-refractivity contribution is 6.08. The summed E-state index contributed by atoms with van der Waals surface area (Å²) >= 11 is 0. The number of esters is 1. The molecule has 1 heterocycles. The van der Waals surface area contributed by atoms with Crippen LogP contribution in [0, 0.1) is 27.6 Å². The molecular formula is C24H38O6. The molecule has 0 N–H and O–H groups in total. The third kappa shape index (κ3) is 4.76. The number of rotatable bonds is 3. The van der Waals surface area contributed by atoms with Crippen LogP contribution in [-0.4, -0.2) is 35.4 Å². The third-order valence-corrected chi connectivity index (χ3v) is 5.30. The summed E-state index contributed by atoms with van der Waals surface area (Å²) < 4.78 is 12.1. The molecule has 0 spiro atoms. The molecule has 1 saturated heterocycles. The maximum absolute atomic E-state index is 13.3. The van der Waals surface area contributed by atoms with E-state index in [9.17, 15) is 19.2 Å². The predicted molar refractivity (Wildman–Crippen MR) is 114 cm³/mol. The van der Waals surface area contributed by atoms with E-state index in [1.807, 2.05) is 20.8 Å². The van der Waals surface area contributed by atoms with Crippen molar-refractivity contribution in [1.29, 1.82) is 0 Å². The quantitative estimate of drug-likeness (QED) is 0.291. The monoisotopic (exact) mass is 422 g/mol. The van der Waals surface area contributed by atoms with E-state index >= 15 is 0 Å². The number of hydrogen-bond acceptors (Lipinski definition) is 6. The third-order valence-electron chi connectivity index (χ3n) is 5.30. The molecule has 1 aliphatic rings. The number of carbonyl (C=O) groups is 3. The van der Waals surface area contributed by atoms with E-state index in [1.165, 1.54) is 0 Å². The fourth-order valence-electron chi connectivity index (χ4n) is 3.44. The summed E-state index contributed by atoms with van der Waals surface area (Å²) in [5.74, 6) is -3.02. The molecule has 30 heavy (non-hydrogen) atoms. The standard InChI is InChI=1S/C24H38O6/c1-20(2,3)16(26)14(13-25)24(23(10,11)12)29-18(22(7,8)9)15(19(28)30-24)17(27)21(4,5)6/h15,18H,1-12H3. The van der Waals surface area contributed by atoms with Crippen molar-refractivity contribution < 1.29 is 28.7 Å². The molecule has 0 saturated carbocycles. The highest BCUT2D eigenvalue weighted by Crippen LogP contribution is 2.50. The van der Waals surface area contributed by atoms with Gasteiger partial charge in [0.15, 0.2) is 17.1 Å². The average Bonchev–Trinajstić information content (AvgIpc) is 2.50. The molecule has 0 bridgehead atoms. The van der Waals surface area contributed by atoms with Crippen LogP contribution in [0.15, 0.2) is 5.57 Å². The summed E-state index contributed by atoms with van der Waals surface area (Å²) in [4.78, 5) is 51.7. The average molecular weight is 423 g/mol. The van der Waals surface area contributed by atoms with Gasteiger partial charge in [-0.3, -0.25) is 14.4 Å². The van der Waals surface area contributed by atoms with E-state index in [4.69, 9.17) is 9.47 Å². The van der Waals surface area contributed by atoms with Crippen LogP contribution in [0.3, 0.4) is 0 Å². The van der Waals surface area contributed by atoms with Gasteiger partial charge in [0.25, 0.3) is 5.79 Å². The molecule has 0 aromatic heterocycles. The van der Waals surface area contributed by atoms with Crippen LogP contribution in [0.4, 0.5) is 0 Å². The second kappa shape index (κ2) is 7.72. The molecular weight excluding hydrogens is 384 g/mol. The molecule has 0 aromatic rings. The lowest BCUT2D eigenvalue weighted by Gasteiger charge is -2.53. The van der Waals surface area contributed by atoms with E-state index < -0.39 is 51.2 Å². The second-order valence-electron chi connectivity index (χ2n) is 12.3. The largest absolute Gasteiger partial charge is 0.426 e. The number of hydrogen-bond donors (Lipinski definition) is 0. The van der Waals surface area contributed by atoms with Crippen molar-refractivity contribution in [2.75, 3.05) is 0 Å². The van der Waals surface area contributed by atoms with Crippen molar-refractivity contribution in [2.45, 2.75) is 95.0 Å². The number of ether oxygens (including phenoxy) is 2. The van der Waals surface area contributed by atoms with Crippen LogP contribution in [0.1, 0.15) is 83.1 Å². The first-order valence-electron chi connectivity index (χ1n) is 10.4. The summed E-state index contributed by atoms with van der Waals surface area (Å²) in [6, 6.07) is 0. The first kappa shape index (κ1) is 26.3. The minimum atomic E-state index is -1.96. The van der Waals surface area contributed by atoms with Crippen LogP contribution in [0.25, 0.3) is 0 Å². The molecule has 0 aromatic carbocycles. The van der Waals surface area contributed by atoms with Crippen molar-refractivity contribution in [3.05, 3.63) is 5.57 Å². The minimum Gasteiger partial charge on any atom is -0.426 e. The van der Waals surface area contributed by atoms with E-state index in [2.05, 4.69) is 0 Å². The fourth-order valence-corrected chi connectivity index (χ4v) is 3.44. The van der Waals surface area contributed by atoms with Crippen molar-refractivity contribution in [2.24, 2.45) is 27.6 Å². The zero-order valence-electron chi connectivity index (χ0n) is 20.6. The van der Waals surface area contributed by atoms with Crippen molar-refractivity contribution in [3.8, 4) is 0 Å². The van der Waals surface area contributed by atoms with Crippen molar-refractivity contribution in [3.63, 3.8) is 0 Å². The number of Topliss-reactive ketones (excluding diaryl/α,β-unsaturated/α-hetero) is 2. The Hall–Kier alpha value is -1.78. The van der Waals surface area contributed by atoms with Gasteiger partial charge in [-0.15, -0.1) is 0 Å². The Morgan fingerprint density at radius 2 is 1.33 bits per heavy atom. The van der Waals surface area contributed by atoms with E-state index in [0.29, 0.717) is 0 Å². The Labute approximate surface area is 180 Å². The molecule has 6 heteroatoms. The highest BCUT2D eigenvalue weighted by Gasteiger charge is 2.63. The highest BCUT2D eigenvalue weighted by atomic mass is 16.7. The van der Waals surface area contributed by atoms with Gasteiger partial charge in [-0.1, -0.05) is 83.1 Å². The topological polar surface area (TPSA) is 86.7 Å². The Morgan fingerprint density at radius 1 is 0.867 bits per heavy atom. The molecule has 1 rings (SSSR count). The summed E-state index contributed by atoms with van der Waals surface area (Å²) in [6.45, 7) is 20.9. The summed E-state index contributed by atoms with van der Waals surface area (Å²) in [7, 11) is 0. The lowest BCUT2D eigenvalue weighted by molar-refractivity contribution is -0.315. The molecule has 0 aliphatic carbocycles. The minimum absolute atomic E-state index is 0.311. The first-order chi connectivity index (χ1) is 13.1. The van der Waals surface area contributed by atoms with Crippen LogP contribution in [0.2, 0.25) is 0 Å². The Bertz CT molecular complexity index is 772. The number of ketones is 2. The van der Waals surface area contributed by atoms with E-state index in [1.54, 1.807) is 68.3 Å². The molecule has 0 amide bonds. The molecule has 0 radical (unpaired) electrons. The van der Waals surface area contributed by atoms with Crippen molar-refractivity contribution in [1.82, 2.24) is 0 Å². The van der Waals surface area contributed by atoms with Crippen LogP contribution in [0.5, 0.6) is 0 Å². The SMILES string of the molecule is CC(C)(C)C(=O)C(=C=O)C1(C(C)(C)C)OC(=O)C(C(=O)C(C)(C)C)C(C(C)(C)C)O1.